The van der Waals surface area contributed by atoms with Gasteiger partial charge in [0.15, 0.2) is 0 Å². The summed E-state index contributed by atoms with van der Waals surface area (Å²) < 4.78 is 5.07. The largest absolute Gasteiger partial charge is 0.478 e. The second-order valence-corrected chi connectivity index (χ2v) is 5.37. The molecule has 0 fully saturated rings. The molecule has 4 N–H and O–H groups in total. The van der Waals surface area contributed by atoms with Gasteiger partial charge in [0.25, 0.3) is 0 Å². The lowest BCUT2D eigenvalue weighted by molar-refractivity contribution is 0.0698. The highest BCUT2D eigenvalue weighted by Crippen LogP contribution is 2.23. The van der Waals surface area contributed by atoms with Crippen LogP contribution >= 0.6 is 0 Å². The van der Waals surface area contributed by atoms with Gasteiger partial charge in [-0.05, 0) is 30.0 Å². The number of carbonyl (C=O) groups is 1. The molecular weight excluding hydrogens is 244 g/mol. The van der Waals surface area contributed by atoms with Crippen LogP contribution in [0.1, 0.15) is 30.6 Å². The predicted molar refractivity (Wildman–Crippen MR) is 76.6 cm³/mol. The minimum atomic E-state index is -1.01. The summed E-state index contributed by atoms with van der Waals surface area (Å²) in [4.78, 5) is 11.0. The predicted octanol–water partition coefficient (Wildman–Crippen LogP) is 2.44. The van der Waals surface area contributed by atoms with Crippen molar-refractivity contribution in [3.05, 3.63) is 23.8 Å². The molecule has 0 bridgehead atoms. The van der Waals surface area contributed by atoms with Gasteiger partial charge in [0.1, 0.15) is 0 Å². The van der Waals surface area contributed by atoms with E-state index in [1.54, 1.807) is 25.3 Å². The van der Waals surface area contributed by atoms with Crippen LogP contribution in [0.3, 0.4) is 0 Å². The van der Waals surface area contributed by atoms with Crippen molar-refractivity contribution < 1.29 is 14.6 Å². The lowest BCUT2D eigenvalue weighted by Gasteiger charge is -2.25. The molecule has 19 heavy (non-hydrogen) atoms. The van der Waals surface area contributed by atoms with E-state index < -0.39 is 5.97 Å². The number of hydrogen-bond acceptors (Lipinski definition) is 4. The number of methoxy groups -OCH3 is 1. The van der Waals surface area contributed by atoms with Crippen molar-refractivity contribution in [2.45, 2.75) is 20.3 Å². The fourth-order valence-electron chi connectivity index (χ4n) is 1.66. The quantitative estimate of drug-likeness (QED) is 0.660. The van der Waals surface area contributed by atoms with E-state index in [4.69, 9.17) is 15.6 Å². The highest BCUT2D eigenvalue weighted by molar-refractivity contribution is 5.94. The molecule has 0 aliphatic rings. The average molecular weight is 266 g/mol. The Labute approximate surface area is 113 Å². The first-order valence-corrected chi connectivity index (χ1v) is 6.21. The van der Waals surface area contributed by atoms with E-state index in [2.05, 4.69) is 19.2 Å². The maximum atomic E-state index is 11.0. The van der Waals surface area contributed by atoms with Crippen LogP contribution in [0, 0.1) is 5.41 Å². The Morgan fingerprint density at radius 3 is 2.74 bits per heavy atom. The number of aromatic carboxylic acids is 1. The first kappa shape index (κ1) is 15.3. The molecule has 0 spiro atoms. The van der Waals surface area contributed by atoms with Crippen molar-refractivity contribution in [1.82, 2.24) is 0 Å². The maximum absolute atomic E-state index is 11.0. The fourth-order valence-corrected chi connectivity index (χ4v) is 1.66. The summed E-state index contributed by atoms with van der Waals surface area (Å²) >= 11 is 0. The van der Waals surface area contributed by atoms with E-state index in [0.717, 1.165) is 18.7 Å². The number of carboxylic acids is 1. The van der Waals surface area contributed by atoms with Gasteiger partial charge in [-0.2, -0.15) is 0 Å². The molecule has 0 unspecified atom stereocenters. The zero-order valence-corrected chi connectivity index (χ0v) is 11.7. The third-order valence-corrected chi connectivity index (χ3v) is 3.04. The second kappa shape index (κ2) is 6.43. The molecular formula is C14H22N2O3. The Morgan fingerprint density at radius 1 is 1.47 bits per heavy atom. The van der Waals surface area contributed by atoms with Crippen molar-refractivity contribution in [2.24, 2.45) is 5.41 Å². The van der Waals surface area contributed by atoms with Crippen LogP contribution in [0.4, 0.5) is 11.4 Å². The summed E-state index contributed by atoms with van der Waals surface area (Å²) in [6.07, 6.45) is 0.928. The fraction of sp³-hybridized carbons (Fsp3) is 0.500. The van der Waals surface area contributed by atoms with E-state index in [1.807, 2.05) is 0 Å². The Kier molecular flexibility index (Phi) is 5.18. The number of benzene rings is 1. The second-order valence-electron chi connectivity index (χ2n) is 5.37. The number of carboxylic acid groups (broad SMARTS) is 1. The third-order valence-electron chi connectivity index (χ3n) is 3.04. The molecule has 0 heterocycles. The number of nitrogens with one attached hydrogen (secondary N) is 1. The van der Waals surface area contributed by atoms with Crippen LogP contribution in [-0.4, -0.2) is 31.3 Å². The highest BCUT2D eigenvalue weighted by atomic mass is 16.5. The SMILES string of the molecule is COCCC(C)(C)CNc1ccc(N)c(C(=O)O)c1. The molecule has 0 atom stereocenters. The van der Waals surface area contributed by atoms with Crippen LogP contribution in [0.2, 0.25) is 0 Å². The number of hydrogen-bond donors (Lipinski definition) is 3. The Morgan fingerprint density at radius 2 is 2.16 bits per heavy atom. The van der Waals surface area contributed by atoms with Crippen molar-refractivity contribution in [1.29, 1.82) is 0 Å². The number of nitrogen functional groups attached to an aromatic ring is 1. The van der Waals surface area contributed by atoms with Crippen molar-refractivity contribution in [2.75, 3.05) is 31.3 Å². The molecule has 0 radical (unpaired) electrons. The van der Waals surface area contributed by atoms with Gasteiger partial charge in [-0.1, -0.05) is 13.8 Å². The lowest BCUT2D eigenvalue weighted by atomic mass is 9.89. The van der Waals surface area contributed by atoms with E-state index in [9.17, 15) is 4.79 Å². The molecule has 5 nitrogen and oxygen atoms in total. The van der Waals surface area contributed by atoms with Gasteiger partial charge in [-0.25, -0.2) is 4.79 Å². The molecule has 5 heteroatoms. The molecule has 0 aliphatic heterocycles. The third kappa shape index (κ3) is 4.79. The zero-order valence-electron chi connectivity index (χ0n) is 11.7. The van der Waals surface area contributed by atoms with Gasteiger partial charge in [-0.3, -0.25) is 0 Å². The van der Waals surface area contributed by atoms with Crippen LogP contribution in [0.15, 0.2) is 18.2 Å². The maximum Gasteiger partial charge on any atom is 0.337 e. The van der Waals surface area contributed by atoms with Crippen LogP contribution < -0.4 is 11.1 Å². The summed E-state index contributed by atoms with van der Waals surface area (Å²) in [6, 6.07) is 4.95. The van der Waals surface area contributed by atoms with Gasteiger partial charge in [0.05, 0.1) is 5.56 Å². The highest BCUT2D eigenvalue weighted by Gasteiger charge is 2.17. The smallest absolute Gasteiger partial charge is 0.337 e. The Hall–Kier alpha value is -1.75. The number of rotatable bonds is 7. The molecule has 0 saturated carbocycles. The summed E-state index contributed by atoms with van der Waals surface area (Å²) in [5, 5.41) is 12.3. The van der Waals surface area contributed by atoms with Gasteiger partial charge in [-0.15, -0.1) is 0 Å². The molecule has 0 aliphatic carbocycles. The number of nitrogens with two attached hydrogens (primary N) is 1. The lowest BCUT2D eigenvalue weighted by Crippen LogP contribution is -2.24. The monoisotopic (exact) mass is 266 g/mol. The van der Waals surface area contributed by atoms with E-state index in [1.165, 1.54) is 0 Å². The van der Waals surface area contributed by atoms with Gasteiger partial charge >= 0.3 is 5.97 Å². The standard InChI is InChI=1S/C14H22N2O3/c1-14(2,6-7-19-3)9-16-10-4-5-12(15)11(8-10)13(17)18/h4-5,8,16H,6-7,9,15H2,1-3H3,(H,17,18). The van der Waals surface area contributed by atoms with Crippen LogP contribution in [0.25, 0.3) is 0 Å². The molecule has 106 valence electrons. The first-order chi connectivity index (χ1) is 8.85. The molecule has 0 aromatic heterocycles. The minimum Gasteiger partial charge on any atom is -0.478 e. The van der Waals surface area contributed by atoms with Crippen molar-refractivity contribution in [3.8, 4) is 0 Å². The number of anilines is 2. The van der Waals surface area contributed by atoms with Gasteiger partial charge < -0.3 is 20.9 Å². The van der Waals surface area contributed by atoms with Gasteiger partial charge in [0, 0.05) is 31.6 Å². The average Bonchev–Trinajstić information content (AvgIpc) is 2.35. The summed E-state index contributed by atoms with van der Waals surface area (Å²) in [6.45, 7) is 5.71. The summed E-state index contributed by atoms with van der Waals surface area (Å²) in [5.74, 6) is -1.01. The normalized spacial score (nSPS) is 11.3. The van der Waals surface area contributed by atoms with E-state index in [0.29, 0.717) is 6.61 Å². The zero-order chi connectivity index (χ0) is 14.5. The topological polar surface area (TPSA) is 84.6 Å². The molecule has 1 aromatic rings. The summed E-state index contributed by atoms with van der Waals surface area (Å²) in [5.41, 5.74) is 6.84. The van der Waals surface area contributed by atoms with Crippen molar-refractivity contribution in [3.63, 3.8) is 0 Å². The van der Waals surface area contributed by atoms with Crippen LogP contribution in [0.5, 0.6) is 0 Å². The van der Waals surface area contributed by atoms with E-state index >= 15 is 0 Å². The minimum absolute atomic E-state index is 0.0702. The molecule has 0 amide bonds. The molecule has 1 rings (SSSR count). The molecule has 0 saturated heterocycles. The van der Waals surface area contributed by atoms with Crippen molar-refractivity contribution >= 4 is 17.3 Å². The van der Waals surface area contributed by atoms with Crippen LogP contribution in [-0.2, 0) is 4.74 Å². The van der Waals surface area contributed by atoms with E-state index in [-0.39, 0.29) is 16.7 Å². The molecule has 1 aromatic carbocycles. The number of ether oxygens (including phenoxy) is 1. The van der Waals surface area contributed by atoms with Gasteiger partial charge in [0.2, 0.25) is 0 Å². The first-order valence-electron chi connectivity index (χ1n) is 6.21. The Bertz CT molecular complexity index is 444. The Balaban J connectivity index is 2.68. The summed E-state index contributed by atoms with van der Waals surface area (Å²) in [7, 11) is 1.68.